The molecule has 0 fully saturated rings. The van der Waals surface area contributed by atoms with Crippen LogP contribution >= 0.6 is 23.2 Å². The van der Waals surface area contributed by atoms with Gasteiger partial charge in [-0.05, 0) is 31.9 Å². The Morgan fingerprint density at radius 1 is 1.50 bits per heavy atom. The molecule has 1 aromatic rings. The average molecular weight is 291 g/mol. The molecule has 6 heteroatoms. The first-order valence-corrected chi connectivity index (χ1v) is 6.43. The largest absolute Gasteiger partial charge is 0.396 e. The summed E-state index contributed by atoms with van der Waals surface area (Å²) in [4.78, 5) is 16.0. The number of carbonyl (C=O) groups excluding carboxylic acids is 1. The maximum Gasteiger partial charge on any atom is 0.271 e. The molecule has 0 saturated heterocycles. The molecular weight excluding hydrogens is 275 g/mol. The van der Waals surface area contributed by atoms with Crippen LogP contribution in [0.15, 0.2) is 12.1 Å². The second-order valence-electron chi connectivity index (χ2n) is 4.31. The Morgan fingerprint density at radius 3 is 2.72 bits per heavy atom. The summed E-state index contributed by atoms with van der Waals surface area (Å²) < 4.78 is 0. The van der Waals surface area contributed by atoms with Crippen molar-refractivity contribution < 1.29 is 9.90 Å². The fourth-order valence-electron chi connectivity index (χ4n) is 1.49. The summed E-state index contributed by atoms with van der Waals surface area (Å²) in [7, 11) is 0. The summed E-state index contributed by atoms with van der Waals surface area (Å²) in [5.74, 6) is -0.389. The molecule has 1 rings (SSSR count). The first-order chi connectivity index (χ1) is 8.41. The van der Waals surface area contributed by atoms with E-state index in [0.717, 1.165) is 0 Å². The first-order valence-electron chi connectivity index (χ1n) is 5.67. The number of carbonyl (C=O) groups is 1. The molecule has 1 atom stereocenters. The van der Waals surface area contributed by atoms with Gasteiger partial charge in [0, 0.05) is 12.1 Å². The van der Waals surface area contributed by atoms with Gasteiger partial charge < -0.3 is 10.4 Å². The average Bonchev–Trinajstić information content (AvgIpc) is 2.32. The molecule has 4 nitrogen and oxygen atoms in total. The zero-order valence-corrected chi connectivity index (χ0v) is 11.8. The van der Waals surface area contributed by atoms with Gasteiger partial charge in [-0.1, -0.05) is 30.1 Å². The van der Waals surface area contributed by atoms with Gasteiger partial charge in [-0.2, -0.15) is 0 Å². The van der Waals surface area contributed by atoms with E-state index < -0.39 is 5.54 Å². The Kier molecular flexibility index (Phi) is 5.38. The fraction of sp³-hybridized carbons (Fsp3) is 0.500. The molecule has 0 spiro atoms. The first kappa shape index (κ1) is 15.2. The molecular formula is C12H16Cl2N2O2. The quantitative estimate of drug-likeness (QED) is 0.820. The van der Waals surface area contributed by atoms with Gasteiger partial charge in [0.2, 0.25) is 0 Å². The molecule has 1 unspecified atom stereocenters. The summed E-state index contributed by atoms with van der Waals surface area (Å²) in [6.07, 6.45) is 1.16. The molecule has 1 amide bonds. The summed E-state index contributed by atoms with van der Waals surface area (Å²) >= 11 is 11.6. The highest BCUT2D eigenvalue weighted by Crippen LogP contribution is 2.19. The highest BCUT2D eigenvalue weighted by atomic mass is 35.5. The monoisotopic (exact) mass is 290 g/mol. The smallest absolute Gasteiger partial charge is 0.271 e. The second kappa shape index (κ2) is 6.36. The van der Waals surface area contributed by atoms with Crippen LogP contribution in [0.1, 0.15) is 37.2 Å². The predicted molar refractivity (Wildman–Crippen MR) is 72.1 cm³/mol. The van der Waals surface area contributed by atoms with Gasteiger partial charge in [-0.3, -0.25) is 4.79 Å². The van der Waals surface area contributed by atoms with E-state index in [1.54, 1.807) is 0 Å². The van der Waals surface area contributed by atoms with Crippen molar-refractivity contribution in [1.82, 2.24) is 10.3 Å². The van der Waals surface area contributed by atoms with Gasteiger partial charge in [0.1, 0.15) is 10.8 Å². The summed E-state index contributed by atoms with van der Waals surface area (Å²) in [6, 6.07) is 3.05. The number of nitrogens with zero attached hydrogens (tertiary/aromatic N) is 1. The van der Waals surface area contributed by atoms with Gasteiger partial charge in [-0.25, -0.2) is 4.98 Å². The third kappa shape index (κ3) is 3.83. The number of amides is 1. The van der Waals surface area contributed by atoms with Crippen molar-refractivity contribution in [3.05, 3.63) is 28.0 Å². The third-order valence-corrected chi connectivity index (χ3v) is 3.40. The molecule has 1 aromatic heterocycles. The SMILES string of the molecule is CCC(C)(CCO)NC(=O)c1nc(Cl)ccc1Cl. The summed E-state index contributed by atoms with van der Waals surface area (Å²) in [6.45, 7) is 3.80. The zero-order chi connectivity index (χ0) is 13.8. The summed E-state index contributed by atoms with van der Waals surface area (Å²) in [5, 5.41) is 12.3. The van der Waals surface area contributed by atoms with Crippen molar-refractivity contribution in [3.8, 4) is 0 Å². The molecule has 100 valence electrons. The zero-order valence-electron chi connectivity index (χ0n) is 10.3. The van der Waals surface area contributed by atoms with Crippen LogP contribution in [0.3, 0.4) is 0 Å². The van der Waals surface area contributed by atoms with Crippen molar-refractivity contribution >= 4 is 29.1 Å². The van der Waals surface area contributed by atoms with Crippen LogP contribution in [0.2, 0.25) is 10.2 Å². The standard InChI is InChI=1S/C12H16Cl2N2O2/c1-3-12(2,6-7-17)16-11(18)10-8(13)4-5-9(14)15-10/h4-5,17H,3,6-7H2,1-2H3,(H,16,18). The van der Waals surface area contributed by atoms with E-state index in [0.29, 0.717) is 12.8 Å². The Balaban J connectivity index is 2.90. The number of pyridine rings is 1. The second-order valence-corrected chi connectivity index (χ2v) is 5.10. The molecule has 0 aliphatic rings. The molecule has 1 heterocycles. The van der Waals surface area contributed by atoms with Crippen LogP contribution in [0.25, 0.3) is 0 Å². The molecule has 0 saturated carbocycles. The predicted octanol–water partition coefficient (Wildman–Crippen LogP) is 2.67. The van der Waals surface area contributed by atoms with Gasteiger partial charge in [-0.15, -0.1) is 0 Å². The summed E-state index contributed by atoms with van der Waals surface area (Å²) in [5.41, 5.74) is -0.388. The van der Waals surface area contributed by atoms with Crippen molar-refractivity contribution in [2.45, 2.75) is 32.2 Å². The number of aliphatic hydroxyl groups excluding tert-OH is 1. The number of aromatic nitrogens is 1. The molecule has 0 bridgehead atoms. The van der Waals surface area contributed by atoms with Crippen LogP contribution in [0.5, 0.6) is 0 Å². The van der Waals surface area contributed by atoms with Gasteiger partial charge in [0.15, 0.2) is 0 Å². The topological polar surface area (TPSA) is 62.2 Å². The van der Waals surface area contributed by atoms with E-state index in [2.05, 4.69) is 10.3 Å². The minimum Gasteiger partial charge on any atom is -0.396 e. The van der Waals surface area contributed by atoms with Crippen LogP contribution in [0, 0.1) is 0 Å². The Hall–Kier alpha value is -0.840. The molecule has 0 aromatic carbocycles. The molecule has 0 aliphatic carbocycles. The molecule has 0 radical (unpaired) electrons. The lowest BCUT2D eigenvalue weighted by atomic mass is 9.94. The Morgan fingerprint density at radius 2 is 2.17 bits per heavy atom. The van der Waals surface area contributed by atoms with Crippen LogP contribution < -0.4 is 5.32 Å². The number of hydrogen-bond acceptors (Lipinski definition) is 3. The number of nitrogens with one attached hydrogen (secondary N) is 1. The number of hydrogen-bond donors (Lipinski definition) is 2. The van der Waals surface area contributed by atoms with E-state index in [1.807, 2.05) is 13.8 Å². The van der Waals surface area contributed by atoms with Crippen molar-refractivity contribution in [2.24, 2.45) is 0 Å². The van der Waals surface area contributed by atoms with E-state index in [1.165, 1.54) is 12.1 Å². The van der Waals surface area contributed by atoms with Gasteiger partial charge >= 0.3 is 0 Å². The van der Waals surface area contributed by atoms with Gasteiger partial charge in [0.25, 0.3) is 5.91 Å². The lowest BCUT2D eigenvalue weighted by Crippen LogP contribution is -2.46. The van der Waals surface area contributed by atoms with E-state index >= 15 is 0 Å². The highest BCUT2D eigenvalue weighted by molar-refractivity contribution is 6.34. The normalized spacial score (nSPS) is 14.1. The van der Waals surface area contributed by atoms with Crippen molar-refractivity contribution in [1.29, 1.82) is 0 Å². The minimum absolute atomic E-state index is 0.00132. The third-order valence-electron chi connectivity index (χ3n) is 2.89. The fourth-order valence-corrected chi connectivity index (χ4v) is 1.82. The highest BCUT2D eigenvalue weighted by Gasteiger charge is 2.25. The lowest BCUT2D eigenvalue weighted by molar-refractivity contribution is 0.0881. The van der Waals surface area contributed by atoms with Crippen molar-refractivity contribution in [2.75, 3.05) is 6.61 Å². The molecule has 18 heavy (non-hydrogen) atoms. The number of aliphatic hydroxyl groups is 1. The Bertz CT molecular complexity index is 440. The maximum absolute atomic E-state index is 12.1. The lowest BCUT2D eigenvalue weighted by Gasteiger charge is -2.28. The molecule has 0 aliphatic heterocycles. The van der Waals surface area contributed by atoms with Crippen LogP contribution in [-0.2, 0) is 0 Å². The number of rotatable bonds is 5. The van der Waals surface area contributed by atoms with Gasteiger partial charge in [0.05, 0.1) is 5.02 Å². The van der Waals surface area contributed by atoms with E-state index in [-0.39, 0.29) is 28.4 Å². The number of halogens is 2. The van der Waals surface area contributed by atoms with Crippen molar-refractivity contribution in [3.63, 3.8) is 0 Å². The Labute approximate surface area is 116 Å². The minimum atomic E-state index is -0.487. The van der Waals surface area contributed by atoms with E-state index in [9.17, 15) is 4.79 Å². The maximum atomic E-state index is 12.1. The van der Waals surface area contributed by atoms with Crippen LogP contribution in [-0.4, -0.2) is 28.1 Å². The van der Waals surface area contributed by atoms with Crippen LogP contribution in [0.4, 0.5) is 0 Å². The molecule has 2 N–H and O–H groups in total. The van der Waals surface area contributed by atoms with E-state index in [4.69, 9.17) is 28.3 Å².